The summed E-state index contributed by atoms with van der Waals surface area (Å²) in [5.74, 6) is 1.26. The van der Waals surface area contributed by atoms with Gasteiger partial charge in [-0.25, -0.2) is 0 Å². The van der Waals surface area contributed by atoms with Crippen LogP contribution >= 0.6 is 11.8 Å². The number of aryl methyl sites for hydroxylation is 1. The molecule has 23 heavy (non-hydrogen) atoms. The van der Waals surface area contributed by atoms with Crippen LogP contribution in [0.1, 0.15) is 30.5 Å². The van der Waals surface area contributed by atoms with Crippen LogP contribution in [-0.4, -0.2) is 63.3 Å². The van der Waals surface area contributed by atoms with Gasteiger partial charge in [-0.15, -0.1) is 6.58 Å². The number of hydrogen-bond acceptors (Lipinski definition) is 4. The van der Waals surface area contributed by atoms with Crippen LogP contribution in [0.15, 0.2) is 18.9 Å². The molecular weight excluding hydrogens is 304 g/mol. The summed E-state index contributed by atoms with van der Waals surface area (Å²) in [6.07, 6.45) is 10.4. The Balaban J connectivity index is 1.70. The van der Waals surface area contributed by atoms with Crippen molar-refractivity contribution in [2.45, 2.75) is 51.4 Å². The summed E-state index contributed by atoms with van der Waals surface area (Å²) < 4.78 is 2.01. The minimum Gasteiger partial charge on any atom is -0.298 e. The number of allylic oxidation sites excluding steroid dienone is 1. The lowest BCUT2D eigenvalue weighted by atomic mass is 10.0. The molecule has 0 radical (unpaired) electrons. The fourth-order valence-corrected chi connectivity index (χ4v) is 4.54. The third-order valence-corrected chi connectivity index (χ3v) is 5.94. The van der Waals surface area contributed by atoms with E-state index in [2.05, 4.69) is 40.9 Å². The Morgan fingerprint density at radius 3 is 3.09 bits per heavy atom. The monoisotopic (exact) mass is 334 g/mol. The number of thioether (sulfide) groups is 1. The fourth-order valence-electron chi connectivity index (χ4n) is 4.03. The highest BCUT2D eigenvalue weighted by atomic mass is 32.2. The van der Waals surface area contributed by atoms with Crippen LogP contribution in [0.3, 0.4) is 0 Å². The molecule has 3 heterocycles. The summed E-state index contributed by atoms with van der Waals surface area (Å²) in [6.45, 7) is 11.6. The van der Waals surface area contributed by atoms with E-state index < -0.39 is 0 Å². The van der Waals surface area contributed by atoms with Crippen molar-refractivity contribution < 1.29 is 0 Å². The van der Waals surface area contributed by atoms with Gasteiger partial charge in [0.15, 0.2) is 0 Å². The highest BCUT2D eigenvalue weighted by molar-refractivity contribution is 7.98. The van der Waals surface area contributed by atoms with Crippen LogP contribution in [0, 0.1) is 6.92 Å². The molecule has 0 aromatic carbocycles. The zero-order valence-electron chi connectivity index (χ0n) is 14.6. The number of fused-ring (bicyclic) bond motifs is 1. The Labute approximate surface area is 144 Å². The average Bonchev–Trinajstić information content (AvgIpc) is 3.12. The van der Waals surface area contributed by atoms with E-state index in [-0.39, 0.29) is 0 Å². The minimum atomic E-state index is 0.693. The number of nitrogens with zero attached hydrogens (tertiary/aromatic N) is 4. The molecule has 4 nitrogen and oxygen atoms in total. The van der Waals surface area contributed by atoms with Gasteiger partial charge in [-0.05, 0) is 44.7 Å². The van der Waals surface area contributed by atoms with Crippen LogP contribution in [0.4, 0.5) is 0 Å². The van der Waals surface area contributed by atoms with Crippen LogP contribution in [0.25, 0.3) is 0 Å². The normalized spacial score (nSPS) is 25.7. The van der Waals surface area contributed by atoms with Crippen molar-refractivity contribution >= 4 is 11.8 Å². The molecule has 2 saturated heterocycles. The first-order chi connectivity index (χ1) is 11.2. The predicted octanol–water partition coefficient (Wildman–Crippen LogP) is 2.78. The van der Waals surface area contributed by atoms with E-state index in [1.165, 1.54) is 55.9 Å². The van der Waals surface area contributed by atoms with E-state index in [9.17, 15) is 0 Å². The number of hydrogen-bond donors (Lipinski definition) is 0. The Kier molecular flexibility index (Phi) is 5.83. The molecule has 0 bridgehead atoms. The summed E-state index contributed by atoms with van der Waals surface area (Å²) >= 11 is 1.97. The minimum absolute atomic E-state index is 0.693. The Hall–Kier alpha value is -0.780. The third kappa shape index (κ3) is 4.01. The van der Waals surface area contributed by atoms with Gasteiger partial charge < -0.3 is 0 Å². The fraction of sp³-hybridized carbons (Fsp3) is 0.722. The second kappa shape index (κ2) is 7.86. The number of aromatic nitrogens is 2. The Morgan fingerprint density at radius 2 is 2.30 bits per heavy atom. The van der Waals surface area contributed by atoms with Gasteiger partial charge in [-0.1, -0.05) is 6.08 Å². The first-order valence-electron chi connectivity index (χ1n) is 8.82. The van der Waals surface area contributed by atoms with Crippen molar-refractivity contribution in [3.63, 3.8) is 0 Å². The molecule has 2 aliphatic rings. The second-order valence-electron chi connectivity index (χ2n) is 6.91. The lowest BCUT2D eigenvalue weighted by molar-refractivity contribution is 0.0441. The lowest BCUT2D eigenvalue weighted by Gasteiger charge is -2.43. The van der Waals surface area contributed by atoms with Gasteiger partial charge in [-0.2, -0.15) is 16.9 Å². The predicted molar refractivity (Wildman–Crippen MR) is 99.0 cm³/mol. The van der Waals surface area contributed by atoms with E-state index in [1.807, 2.05) is 22.5 Å². The van der Waals surface area contributed by atoms with Crippen LogP contribution in [-0.2, 0) is 13.1 Å². The van der Waals surface area contributed by atoms with Gasteiger partial charge >= 0.3 is 0 Å². The topological polar surface area (TPSA) is 24.3 Å². The van der Waals surface area contributed by atoms with Gasteiger partial charge in [0, 0.05) is 43.5 Å². The SMILES string of the molecule is C=CCn1cc(CN2C[C@@H]3CCCN3C[C@H]2CCSC)c(C)n1. The summed E-state index contributed by atoms with van der Waals surface area (Å²) in [4.78, 5) is 5.46. The van der Waals surface area contributed by atoms with Crippen LogP contribution < -0.4 is 0 Å². The van der Waals surface area contributed by atoms with E-state index in [4.69, 9.17) is 0 Å². The molecule has 128 valence electrons. The highest BCUT2D eigenvalue weighted by Crippen LogP contribution is 2.28. The molecule has 0 amide bonds. The second-order valence-corrected chi connectivity index (χ2v) is 7.89. The van der Waals surface area contributed by atoms with Gasteiger partial charge in [-0.3, -0.25) is 14.5 Å². The average molecular weight is 335 g/mol. The molecule has 0 spiro atoms. The van der Waals surface area contributed by atoms with E-state index in [0.29, 0.717) is 6.04 Å². The largest absolute Gasteiger partial charge is 0.298 e. The zero-order chi connectivity index (χ0) is 16.2. The van der Waals surface area contributed by atoms with Gasteiger partial charge in [0.1, 0.15) is 0 Å². The number of piperazine rings is 1. The van der Waals surface area contributed by atoms with Crippen LogP contribution in [0.5, 0.6) is 0 Å². The molecule has 0 unspecified atom stereocenters. The maximum absolute atomic E-state index is 4.62. The lowest BCUT2D eigenvalue weighted by Crippen LogP contribution is -2.55. The maximum atomic E-state index is 4.62. The van der Waals surface area contributed by atoms with Crippen molar-refractivity contribution in [1.82, 2.24) is 19.6 Å². The van der Waals surface area contributed by atoms with Crippen molar-refractivity contribution in [2.75, 3.05) is 31.6 Å². The summed E-state index contributed by atoms with van der Waals surface area (Å²) in [5, 5.41) is 4.62. The molecule has 3 rings (SSSR count). The van der Waals surface area contributed by atoms with Crippen molar-refractivity contribution in [3.8, 4) is 0 Å². The number of rotatable bonds is 7. The summed E-state index contributed by atoms with van der Waals surface area (Å²) in [7, 11) is 0. The highest BCUT2D eigenvalue weighted by Gasteiger charge is 2.36. The first-order valence-corrected chi connectivity index (χ1v) is 10.2. The molecular formula is C18H30N4S. The molecule has 0 aliphatic carbocycles. The molecule has 2 atom stereocenters. The molecule has 0 saturated carbocycles. The molecule has 2 aliphatic heterocycles. The Bertz CT molecular complexity index is 527. The van der Waals surface area contributed by atoms with Crippen LogP contribution in [0.2, 0.25) is 0 Å². The van der Waals surface area contributed by atoms with E-state index >= 15 is 0 Å². The van der Waals surface area contributed by atoms with Crippen molar-refractivity contribution in [2.24, 2.45) is 0 Å². The van der Waals surface area contributed by atoms with Gasteiger partial charge in [0.2, 0.25) is 0 Å². The smallest absolute Gasteiger partial charge is 0.0638 e. The zero-order valence-corrected chi connectivity index (χ0v) is 15.4. The molecule has 2 fully saturated rings. The van der Waals surface area contributed by atoms with Crippen molar-refractivity contribution in [1.29, 1.82) is 0 Å². The molecule has 1 aromatic rings. The maximum Gasteiger partial charge on any atom is 0.0638 e. The Morgan fingerprint density at radius 1 is 1.43 bits per heavy atom. The van der Waals surface area contributed by atoms with Crippen molar-refractivity contribution in [3.05, 3.63) is 30.1 Å². The molecule has 5 heteroatoms. The summed E-state index contributed by atoms with van der Waals surface area (Å²) in [6, 6.07) is 1.48. The molecule has 1 aromatic heterocycles. The first kappa shape index (κ1) is 17.1. The molecule has 0 N–H and O–H groups in total. The third-order valence-electron chi connectivity index (χ3n) is 5.30. The van der Waals surface area contributed by atoms with E-state index in [1.54, 1.807) is 0 Å². The quantitative estimate of drug-likeness (QED) is 0.716. The summed E-state index contributed by atoms with van der Waals surface area (Å²) in [5.41, 5.74) is 2.55. The standard InChI is InChI=1S/C18H30N4S/c1-4-8-22-12-16(15(2)19-22)11-21-14-17-6-5-9-20(17)13-18(21)7-10-23-3/h4,12,17-18H,1,5-11,13-14H2,2-3H3/t17-,18+/m0/s1. The van der Waals surface area contributed by atoms with E-state index in [0.717, 1.165) is 19.1 Å². The van der Waals surface area contributed by atoms with Gasteiger partial charge in [0.25, 0.3) is 0 Å². The van der Waals surface area contributed by atoms with Gasteiger partial charge in [0.05, 0.1) is 12.2 Å².